The smallest absolute Gasteiger partial charge is 0.337 e. The van der Waals surface area contributed by atoms with Crippen LogP contribution in [0.25, 0.3) is 0 Å². The highest BCUT2D eigenvalue weighted by atomic mass is 16.4. The fourth-order valence-electron chi connectivity index (χ4n) is 1.43. The molecule has 0 heterocycles. The number of nitrogen functional groups attached to an aromatic ring is 1. The average Bonchev–Trinajstić information content (AvgIpc) is 2.28. The molecule has 0 saturated heterocycles. The van der Waals surface area contributed by atoms with Gasteiger partial charge in [0.15, 0.2) is 0 Å². The molecule has 0 spiro atoms. The van der Waals surface area contributed by atoms with Crippen LogP contribution in [-0.2, 0) is 4.79 Å². The Balaban J connectivity index is 2.89. The van der Waals surface area contributed by atoms with Gasteiger partial charge in [0.05, 0.1) is 16.9 Å². The number of amides is 1. The van der Waals surface area contributed by atoms with Crippen LogP contribution in [0.4, 0.5) is 11.4 Å². The maximum Gasteiger partial charge on any atom is 0.337 e. The van der Waals surface area contributed by atoms with Crippen LogP contribution in [0.15, 0.2) is 18.2 Å². The van der Waals surface area contributed by atoms with Crippen LogP contribution in [0.3, 0.4) is 0 Å². The van der Waals surface area contributed by atoms with Crippen molar-refractivity contribution < 1.29 is 14.7 Å². The highest BCUT2D eigenvalue weighted by molar-refractivity contribution is 6.03. The Morgan fingerprint density at radius 3 is 2.71 bits per heavy atom. The minimum atomic E-state index is -1.11. The van der Waals surface area contributed by atoms with Crippen molar-refractivity contribution in [3.63, 3.8) is 0 Å². The Bertz CT molecular complexity index is 430. The maximum absolute atomic E-state index is 11.5. The summed E-state index contributed by atoms with van der Waals surface area (Å²) < 4.78 is 0. The first-order valence-electron chi connectivity index (χ1n) is 5.48. The van der Waals surface area contributed by atoms with Crippen molar-refractivity contribution in [1.82, 2.24) is 0 Å². The Morgan fingerprint density at radius 1 is 1.41 bits per heavy atom. The van der Waals surface area contributed by atoms with Gasteiger partial charge in [-0.25, -0.2) is 4.79 Å². The lowest BCUT2D eigenvalue weighted by molar-refractivity contribution is -0.116. The van der Waals surface area contributed by atoms with E-state index >= 15 is 0 Å². The second kappa shape index (κ2) is 5.89. The zero-order valence-corrected chi connectivity index (χ0v) is 9.69. The summed E-state index contributed by atoms with van der Waals surface area (Å²) in [5, 5.41) is 11.5. The Labute approximate surface area is 99.6 Å². The summed E-state index contributed by atoms with van der Waals surface area (Å²) in [6.45, 7) is 1.98. The summed E-state index contributed by atoms with van der Waals surface area (Å²) in [4.78, 5) is 22.5. The molecule has 5 nitrogen and oxygen atoms in total. The van der Waals surface area contributed by atoms with Gasteiger partial charge in [0.2, 0.25) is 5.91 Å². The zero-order valence-electron chi connectivity index (χ0n) is 9.69. The molecule has 0 aromatic heterocycles. The molecule has 0 aliphatic heterocycles. The molecule has 4 N–H and O–H groups in total. The van der Waals surface area contributed by atoms with Crippen LogP contribution in [-0.4, -0.2) is 17.0 Å². The number of carboxylic acid groups (broad SMARTS) is 1. The monoisotopic (exact) mass is 236 g/mol. The van der Waals surface area contributed by atoms with Crippen LogP contribution >= 0.6 is 0 Å². The van der Waals surface area contributed by atoms with E-state index in [2.05, 4.69) is 5.32 Å². The molecule has 1 aromatic carbocycles. The van der Waals surface area contributed by atoms with E-state index in [1.807, 2.05) is 6.92 Å². The molecular weight excluding hydrogens is 220 g/mol. The number of aromatic carboxylic acids is 1. The van der Waals surface area contributed by atoms with Crippen molar-refractivity contribution in [3.05, 3.63) is 23.8 Å². The minimum absolute atomic E-state index is 0.00912. The number of nitrogens with two attached hydrogens (primary N) is 1. The van der Waals surface area contributed by atoms with Crippen molar-refractivity contribution >= 4 is 23.3 Å². The van der Waals surface area contributed by atoms with E-state index in [-0.39, 0.29) is 22.8 Å². The second-order valence-corrected chi connectivity index (χ2v) is 3.73. The maximum atomic E-state index is 11.5. The van der Waals surface area contributed by atoms with Gasteiger partial charge < -0.3 is 16.2 Å². The third-order valence-corrected chi connectivity index (χ3v) is 2.35. The molecule has 0 saturated carbocycles. The highest BCUT2D eigenvalue weighted by Crippen LogP contribution is 2.23. The normalized spacial score (nSPS) is 9.94. The first-order chi connectivity index (χ1) is 8.06. The van der Waals surface area contributed by atoms with Crippen LogP contribution in [0.2, 0.25) is 0 Å². The molecule has 1 amide bonds. The first kappa shape index (κ1) is 13.0. The van der Waals surface area contributed by atoms with Gasteiger partial charge in [0.1, 0.15) is 0 Å². The predicted molar refractivity (Wildman–Crippen MR) is 66.0 cm³/mol. The highest BCUT2D eigenvalue weighted by Gasteiger charge is 2.14. The van der Waals surface area contributed by atoms with Crippen molar-refractivity contribution in [2.45, 2.75) is 26.2 Å². The molecule has 0 bridgehead atoms. The number of hydrogen-bond donors (Lipinski definition) is 3. The van der Waals surface area contributed by atoms with E-state index in [4.69, 9.17) is 10.8 Å². The number of unbranched alkanes of at least 4 members (excludes halogenated alkanes) is 1. The zero-order chi connectivity index (χ0) is 12.8. The van der Waals surface area contributed by atoms with E-state index in [1.54, 1.807) is 12.1 Å². The molecular formula is C12H16N2O3. The number of para-hydroxylation sites is 1. The SMILES string of the molecule is CCCCC(=O)Nc1c(N)cccc1C(=O)O. The fourth-order valence-corrected chi connectivity index (χ4v) is 1.43. The topological polar surface area (TPSA) is 92.4 Å². The summed E-state index contributed by atoms with van der Waals surface area (Å²) in [6, 6.07) is 4.51. The lowest BCUT2D eigenvalue weighted by Crippen LogP contribution is -2.15. The quantitative estimate of drug-likeness (QED) is 0.682. The summed E-state index contributed by atoms with van der Waals surface area (Å²) in [6.07, 6.45) is 2.04. The predicted octanol–water partition coefficient (Wildman–Crippen LogP) is 2.10. The molecule has 1 aromatic rings. The van der Waals surface area contributed by atoms with E-state index in [0.717, 1.165) is 12.8 Å². The van der Waals surface area contributed by atoms with Gasteiger partial charge in [0, 0.05) is 6.42 Å². The van der Waals surface area contributed by atoms with Gasteiger partial charge in [-0.15, -0.1) is 0 Å². The van der Waals surface area contributed by atoms with Gasteiger partial charge in [0.25, 0.3) is 0 Å². The van der Waals surface area contributed by atoms with Crippen molar-refractivity contribution in [2.75, 3.05) is 11.1 Å². The summed E-state index contributed by atoms with van der Waals surface area (Å²) in [5.74, 6) is -1.32. The van der Waals surface area contributed by atoms with E-state index in [9.17, 15) is 9.59 Å². The molecule has 92 valence electrons. The molecule has 0 radical (unpaired) electrons. The standard InChI is InChI=1S/C12H16N2O3/c1-2-3-7-10(15)14-11-8(12(16)17)5-4-6-9(11)13/h4-6H,2-3,7,13H2,1H3,(H,14,15)(H,16,17). The Hall–Kier alpha value is -2.04. The van der Waals surface area contributed by atoms with Crippen molar-refractivity contribution in [2.24, 2.45) is 0 Å². The Kier molecular flexibility index (Phi) is 4.51. The number of rotatable bonds is 5. The molecule has 1 rings (SSSR count). The number of nitrogens with one attached hydrogen (secondary N) is 1. The number of carbonyl (C=O) groups excluding carboxylic acids is 1. The largest absolute Gasteiger partial charge is 0.478 e. The molecule has 0 atom stereocenters. The lowest BCUT2D eigenvalue weighted by Gasteiger charge is -2.10. The van der Waals surface area contributed by atoms with Gasteiger partial charge in [-0.1, -0.05) is 19.4 Å². The number of carboxylic acids is 1. The van der Waals surface area contributed by atoms with Crippen LogP contribution in [0.5, 0.6) is 0 Å². The third kappa shape index (κ3) is 3.48. The third-order valence-electron chi connectivity index (χ3n) is 2.35. The van der Waals surface area contributed by atoms with Gasteiger partial charge in [-0.2, -0.15) is 0 Å². The van der Waals surface area contributed by atoms with Crippen LogP contribution < -0.4 is 11.1 Å². The molecule has 0 aliphatic rings. The summed E-state index contributed by atoms with van der Waals surface area (Å²) in [5.41, 5.74) is 6.11. The second-order valence-electron chi connectivity index (χ2n) is 3.73. The number of carbonyl (C=O) groups is 2. The summed E-state index contributed by atoms with van der Waals surface area (Å²) >= 11 is 0. The Morgan fingerprint density at radius 2 is 2.12 bits per heavy atom. The molecule has 0 aliphatic carbocycles. The van der Waals surface area contributed by atoms with E-state index in [0.29, 0.717) is 6.42 Å². The minimum Gasteiger partial charge on any atom is -0.478 e. The number of benzene rings is 1. The van der Waals surface area contributed by atoms with E-state index in [1.165, 1.54) is 6.07 Å². The first-order valence-corrected chi connectivity index (χ1v) is 5.48. The number of hydrogen-bond acceptors (Lipinski definition) is 3. The molecule has 0 fully saturated rings. The van der Waals surface area contributed by atoms with Gasteiger partial charge in [-0.3, -0.25) is 4.79 Å². The van der Waals surface area contributed by atoms with Gasteiger partial charge >= 0.3 is 5.97 Å². The average molecular weight is 236 g/mol. The van der Waals surface area contributed by atoms with Gasteiger partial charge in [-0.05, 0) is 18.6 Å². The van der Waals surface area contributed by atoms with Crippen LogP contribution in [0.1, 0.15) is 36.5 Å². The lowest BCUT2D eigenvalue weighted by atomic mass is 10.1. The van der Waals surface area contributed by atoms with Crippen molar-refractivity contribution in [1.29, 1.82) is 0 Å². The van der Waals surface area contributed by atoms with Crippen LogP contribution in [0, 0.1) is 0 Å². The molecule has 5 heteroatoms. The summed E-state index contributed by atoms with van der Waals surface area (Å²) in [7, 11) is 0. The number of anilines is 2. The molecule has 0 unspecified atom stereocenters. The fraction of sp³-hybridized carbons (Fsp3) is 0.333. The van der Waals surface area contributed by atoms with E-state index < -0.39 is 5.97 Å². The van der Waals surface area contributed by atoms with Crippen molar-refractivity contribution in [3.8, 4) is 0 Å². The molecule has 17 heavy (non-hydrogen) atoms.